The van der Waals surface area contributed by atoms with Gasteiger partial charge in [-0.15, -0.1) is 0 Å². The maximum atomic E-state index is 5.99. The van der Waals surface area contributed by atoms with Gasteiger partial charge in [0.15, 0.2) is 5.11 Å². The second-order valence-electron chi connectivity index (χ2n) is 5.71. The van der Waals surface area contributed by atoms with Crippen molar-refractivity contribution >= 4 is 34.6 Å². The summed E-state index contributed by atoms with van der Waals surface area (Å²) in [4.78, 5) is 0. The van der Waals surface area contributed by atoms with Crippen LogP contribution in [0.25, 0.3) is 5.69 Å². The highest BCUT2D eigenvalue weighted by Gasteiger charge is 2.12. The first kappa shape index (κ1) is 17.5. The standard InChI is InChI=1S/C19H19ClN4S/c1-13-18(14(2)24(23-13)17-9-4-3-5-10-17)12-21-19(25)22-16-8-6-7-15(20)11-16/h3-11H,12H2,1-2H3,(H2,21,22,25). The number of nitrogens with one attached hydrogen (secondary N) is 2. The van der Waals surface area contributed by atoms with Gasteiger partial charge in [-0.05, 0) is 56.4 Å². The van der Waals surface area contributed by atoms with Crippen molar-refractivity contribution in [3.05, 3.63) is 76.6 Å². The van der Waals surface area contributed by atoms with E-state index in [0.29, 0.717) is 16.7 Å². The molecule has 0 saturated carbocycles. The molecule has 1 heterocycles. The van der Waals surface area contributed by atoms with Crippen LogP contribution >= 0.6 is 23.8 Å². The zero-order valence-electron chi connectivity index (χ0n) is 14.1. The fourth-order valence-corrected chi connectivity index (χ4v) is 3.04. The van der Waals surface area contributed by atoms with Crippen molar-refractivity contribution < 1.29 is 0 Å². The number of para-hydroxylation sites is 1. The summed E-state index contributed by atoms with van der Waals surface area (Å²) < 4.78 is 1.96. The van der Waals surface area contributed by atoms with Crippen molar-refractivity contribution in [2.24, 2.45) is 0 Å². The Kier molecular flexibility index (Phi) is 5.36. The highest BCUT2D eigenvalue weighted by atomic mass is 35.5. The number of rotatable bonds is 4. The van der Waals surface area contributed by atoms with Gasteiger partial charge in [0.05, 0.1) is 11.4 Å². The number of thiocarbonyl (C=S) groups is 1. The third-order valence-electron chi connectivity index (χ3n) is 3.95. The van der Waals surface area contributed by atoms with E-state index in [4.69, 9.17) is 23.8 Å². The molecule has 128 valence electrons. The molecule has 6 heteroatoms. The van der Waals surface area contributed by atoms with Crippen LogP contribution in [-0.2, 0) is 6.54 Å². The topological polar surface area (TPSA) is 41.9 Å². The minimum Gasteiger partial charge on any atom is -0.358 e. The van der Waals surface area contributed by atoms with Gasteiger partial charge in [0, 0.05) is 28.5 Å². The molecule has 0 saturated heterocycles. The predicted octanol–water partition coefficient (Wildman–Crippen LogP) is 4.63. The molecule has 2 aromatic carbocycles. The van der Waals surface area contributed by atoms with E-state index in [1.54, 1.807) is 0 Å². The summed E-state index contributed by atoms with van der Waals surface area (Å²) in [6, 6.07) is 17.6. The lowest BCUT2D eigenvalue weighted by atomic mass is 10.2. The van der Waals surface area contributed by atoms with Gasteiger partial charge in [-0.1, -0.05) is 35.9 Å². The maximum Gasteiger partial charge on any atom is 0.171 e. The Morgan fingerprint density at radius 2 is 1.88 bits per heavy atom. The zero-order chi connectivity index (χ0) is 17.8. The van der Waals surface area contributed by atoms with Crippen molar-refractivity contribution in [1.29, 1.82) is 0 Å². The van der Waals surface area contributed by atoms with Gasteiger partial charge in [-0.25, -0.2) is 4.68 Å². The summed E-state index contributed by atoms with van der Waals surface area (Å²) in [6.45, 7) is 4.69. The van der Waals surface area contributed by atoms with E-state index in [-0.39, 0.29) is 0 Å². The largest absolute Gasteiger partial charge is 0.358 e. The lowest BCUT2D eigenvalue weighted by molar-refractivity contribution is 0.830. The number of halogens is 1. The van der Waals surface area contributed by atoms with Gasteiger partial charge in [-0.2, -0.15) is 5.10 Å². The molecule has 0 aliphatic rings. The van der Waals surface area contributed by atoms with Crippen LogP contribution < -0.4 is 10.6 Å². The van der Waals surface area contributed by atoms with Crippen LogP contribution in [0.3, 0.4) is 0 Å². The molecule has 4 nitrogen and oxygen atoms in total. The molecule has 0 aliphatic carbocycles. The van der Waals surface area contributed by atoms with Crippen LogP contribution in [0.15, 0.2) is 54.6 Å². The fourth-order valence-electron chi connectivity index (χ4n) is 2.66. The van der Waals surface area contributed by atoms with Crippen molar-refractivity contribution in [2.75, 3.05) is 5.32 Å². The first-order valence-corrected chi connectivity index (χ1v) is 8.74. The predicted molar refractivity (Wildman–Crippen MR) is 108 cm³/mol. The average Bonchev–Trinajstić information content (AvgIpc) is 2.88. The third kappa shape index (κ3) is 4.18. The van der Waals surface area contributed by atoms with Crippen LogP contribution in [-0.4, -0.2) is 14.9 Å². The van der Waals surface area contributed by atoms with E-state index in [9.17, 15) is 0 Å². The zero-order valence-corrected chi connectivity index (χ0v) is 15.7. The summed E-state index contributed by atoms with van der Waals surface area (Å²) >= 11 is 11.4. The normalized spacial score (nSPS) is 10.5. The van der Waals surface area contributed by atoms with E-state index < -0.39 is 0 Å². The highest BCUT2D eigenvalue weighted by molar-refractivity contribution is 7.80. The van der Waals surface area contributed by atoms with Gasteiger partial charge in [0.25, 0.3) is 0 Å². The van der Waals surface area contributed by atoms with E-state index in [1.165, 1.54) is 0 Å². The summed E-state index contributed by atoms with van der Waals surface area (Å²) in [5, 5.41) is 12.2. The molecule has 2 N–H and O–H groups in total. The monoisotopic (exact) mass is 370 g/mol. The van der Waals surface area contributed by atoms with E-state index in [2.05, 4.69) is 22.7 Å². The summed E-state index contributed by atoms with van der Waals surface area (Å²) in [5.74, 6) is 0. The SMILES string of the molecule is Cc1nn(-c2ccccc2)c(C)c1CNC(=S)Nc1cccc(Cl)c1. The summed E-state index contributed by atoms with van der Waals surface area (Å²) in [5.41, 5.74) is 5.13. The number of nitrogens with zero attached hydrogens (tertiary/aromatic N) is 2. The minimum atomic E-state index is 0.550. The molecule has 0 bridgehead atoms. The van der Waals surface area contributed by atoms with Crippen LogP contribution in [0.4, 0.5) is 5.69 Å². The summed E-state index contributed by atoms with van der Waals surface area (Å²) in [6.07, 6.45) is 0. The second kappa shape index (κ2) is 7.68. The van der Waals surface area contributed by atoms with Crippen LogP contribution in [0.2, 0.25) is 5.02 Å². The molecular weight excluding hydrogens is 352 g/mol. The Balaban J connectivity index is 1.69. The van der Waals surface area contributed by atoms with Gasteiger partial charge in [-0.3, -0.25) is 0 Å². The van der Waals surface area contributed by atoms with Crippen molar-refractivity contribution in [3.63, 3.8) is 0 Å². The third-order valence-corrected chi connectivity index (χ3v) is 4.43. The second-order valence-corrected chi connectivity index (χ2v) is 6.56. The molecule has 25 heavy (non-hydrogen) atoms. The lowest BCUT2D eigenvalue weighted by Crippen LogP contribution is -2.28. The number of anilines is 1. The van der Waals surface area contributed by atoms with E-state index >= 15 is 0 Å². The molecule has 1 aromatic heterocycles. The van der Waals surface area contributed by atoms with Gasteiger partial charge >= 0.3 is 0 Å². The molecule has 0 fully saturated rings. The Morgan fingerprint density at radius 3 is 2.60 bits per heavy atom. The Hall–Kier alpha value is -2.37. The molecule has 0 amide bonds. The molecule has 0 spiro atoms. The maximum absolute atomic E-state index is 5.99. The van der Waals surface area contributed by atoms with Crippen LogP contribution in [0.5, 0.6) is 0 Å². The summed E-state index contributed by atoms with van der Waals surface area (Å²) in [7, 11) is 0. The average molecular weight is 371 g/mol. The number of aromatic nitrogens is 2. The Bertz CT molecular complexity index is 890. The Labute approximate surface area is 157 Å². The highest BCUT2D eigenvalue weighted by Crippen LogP contribution is 2.18. The molecule has 3 rings (SSSR count). The van der Waals surface area contributed by atoms with Gasteiger partial charge in [0.1, 0.15) is 0 Å². The quantitative estimate of drug-likeness (QED) is 0.657. The molecule has 0 aliphatic heterocycles. The molecule has 0 atom stereocenters. The molecule has 3 aromatic rings. The molecule has 0 unspecified atom stereocenters. The van der Waals surface area contributed by atoms with Crippen LogP contribution in [0.1, 0.15) is 17.0 Å². The van der Waals surface area contributed by atoms with Gasteiger partial charge < -0.3 is 10.6 Å². The molecule has 0 radical (unpaired) electrons. The van der Waals surface area contributed by atoms with Crippen LogP contribution in [0, 0.1) is 13.8 Å². The van der Waals surface area contributed by atoms with Crippen molar-refractivity contribution in [3.8, 4) is 5.69 Å². The van der Waals surface area contributed by atoms with Crippen molar-refractivity contribution in [2.45, 2.75) is 20.4 Å². The lowest BCUT2D eigenvalue weighted by Gasteiger charge is -2.11. The first-order chi connectivity index (χ1) is 12.0. The Morgan fingerprint density at radius 1 is 1.12 bits per heavy atom. The fraction of sp³-hybridized carbons (Fsp3) is 0.158. The molecular formula is C19H19ClN4S. The van der Waals surface area contributed by atoms with Crippen molar-refractivity contribution in [1.82, 2.24) is 15.1 Å². The number of hydrogen-bond acceptors (Lipinski definition) is 2. The van der Waals surface area contributed by atoms with Gasteiger partial charge in [0.2, 0.25) is 0 Å². The smallest absolute Gasteiger partial charge is 0.171 e. The number of hydrogen-bond donors (Lipinski definition) is 2. The first-order valence-electron chi connectivity index (χ1n) is 7.95. The minimum absolute atomic E-state index is 0.550. The van der Waals surface area contributed by atoms with E-state index in [1.807, 2.05) is 66.2 Å². The van der Waals surface area contributed by atoms with E-state index in [0.717, 1.165) is 28.3 Å². The number of benzene rings is 2. The number of aryl methyl sites for hydroxylation is 1.